The van der Waals surface area contributed by atoms with Crippen molar-refractivity contribution in [2.75, 3.05) is 33.4 Å². The first-order valence-corrected chi connectivity index (χ1v) is 14.0. The van der Waals surface area contributed by atoms with Crippen LogP contribution in [0.2, 0.25) is 0 Å². The lowest BCUT2D eigenvalue weighted by Gasteiger charge is -2.29. The van der Waals surface area contributed by atoms with E-state index in [1.165, 1.54) is 25.0 Å². The van der Waals surface area contributed by atoms with Crippen molar-refractivity contribution < 1.29 is 23.5 Å². The number of halogens is 2. The summed E-state index contributed by atoms with van der Waals surface area (Å²) in [7, 11) is 1.61. The second-order valence-electron chi connectivity index (χ2n) is 10.8. The molecule has 0 radical (unpaired) electrons. The fourth-order valence-corrected chi connectivity index (χ4v) is 6.25. The molecule has 2 amide bonds. The van der Waals surface area contributed by atoms with Crippen LogP contribution in [0.1, 0.15) is 54.4 Å². The molecule has 0 unspecified atom stereocenters. The van der Waals surface area contributed by atoms with Gasteiger partial charge in [0.15, 0.2) is 11.5 Å². The maximum atomic E-state index is 13.6. The second-order valence-corrected chi connectivity index (χ2v) is 11.6. The molecule has 37 heavy (non-hydrogen) atoms. The summed E-state index contributed by atoms with van der Waals surface area (Å²) in [5.74, 6) is 1.88. The highest BCUT2D eigenvalue weighted by atomic mass is 79.9. The fourth-order valence-electron chi connectivity index (χ4n) is 5.80. The maximum absolute atomic E-state index is 13.6. The van der Waals surface area contributed by atoms with Gasteiger partial charge in [0.25, 0.3) is 5.91 Å². The van der Waals surface area contributed by atoms with Crippen LogP contribution in [0.15, 0.2) is 40.9 Å². The molecule has 1 heterocycles. The summed E-state index contributed by atoms with van der Waals surface area (Å²) in [4.78, 5) is 28.1. The number of hydrogen-bond donors (Lipinski definition) is 1. The van der Waals surface area contributed by atoms with Crippen molar-refractivity contribution in [3.63, 3.8) is 0 Å². The third-order valence-electron chi connectivity index (χ3n) is 8.18. The minimum absolute atomic E-state index is 0.00465. The highest BCUT2D eigenvalue weighted by Crippen LogP contribution is 2.48. The minimum Gasteiger partial charge on any atom is -0.493 e. The van der Waals surface area contributed by atoms with E-state index < -0.39 is 0 Å². The summed E-state index contributed by atoms with van der Waals surface area (Å²) in [5, 5.41) is 3.13. The van der Waals surface area contributed by atoms with Crippen LogP contribution >= 0.6 is 15.9 Å². The molecule has 1 aliphatic heterocycles. The summed E-state index contributed by atoms with van der Waals surface area (Å²) in [6.07, 6.45) is 6.31. The number of likely N-dealkylation sites (tertiary alicyclic amines) is 1. The standard InChI is InChI=1S/C29H34BrFN2O4/c1-36-25-10-6-21(14-26(25)37-16-19-4-5-19)28(35)33-15-22-3-2-12-29(22,18-33)17-32-27(34)11-7-20-13-23(31)8-9-24(20)30/h6,8-10,13-14,19,22H,2-5,7,11-12,15-18H2,1H3,(H,32,34)/t22-,29-/m0/s1. The summed E-state index contributed by atoms with van der Waals surface area (Å²) in [6, 6.07) is 9.94. The first-order chi connectivity index (χ1) is 17.9. The number of nitrogens with one attached hydrogen (secondary N) is 1. The molecule has 0 aromatic heterocycles. The minimum atomic E-state index is -0.305. The average molecular weight is 574 g/mol. The molecule has 0 bridgehead atoms. The van der Waals surface area contributed by atoms with Gasteiger partial charge in [-0.25, -0.2) is 4.39 Å². The van der Waals surface area contributed by atoms with Crippen LogP contribution in [0.4, 0.5) is 4.39 Å². The zero-order chi connectivity index (χ0) is 26.0. The van der Waals surface area contributed by atoms with Crippen molar-refractivity contribution >= 4 is 27.7 Å². The van der Waals surface area contributed by atoms with Crippen LogP contribution in [-0.2, 0) is 11.2 Å². The lowest BCUT2D eigenvalue weighted by Crippen LogP contribution is -2.41. The second kappa shape index (κ2) is 11.0. The van der Waals surface area contributed by atoms with E-state index in [1.54, 1.807) is 31.4 Å². The van der Waals surface area contributed by atoms with Gasteiger partial charge in [-0.1, -0.05) is 22.4 Å². The van der Waals surface area contributed by atoms with Crippen molar-refractivity contribution in [2.24, 2.45) is 17.3 Å². The normalized spacial score (nSPS) is 22.6. The van der Waals surface area contributed by atoms with E-state index in [0.717, 1.165) is 29.3 Å². The van der Waals surface area contributed by atoms with Gasteiger partial charge in [0, 0.05) is 41.5 Å². The Morgan fingerprint density at radius 1 is 1.16 bits per heavy atom. The van der Waals surface area contributed by atoms with E-state index >= 15 is 0 Å². The molecule has 6 nitrogen and oxygen atoms in total. The number of benzene rings is 2. The molecule has 2 aromatic carbocycles. The van der Waals surface area contributed by atoms with Gasteiger partial charge in [-0.3, -0.25) is 9.59 Å². The molecule has 5 rings (SSSR count). The number of ether oxygens (including phenoxy) is 2. The molecule has 198 valence electrons. The number of rotatable bonds is 10. The topological polar surface area (TPSA) is 67.9 Å². The van der Waals surface area contributed by atoms with Gasteiger partial charge in [-0.2, -0.15) is 0 Å². The van der Waals surface area contributed by atoms with Crippen LogP contribution in [0.5, 0.6) is 11.5 Å². The van der Waals surface area contributed by atoms with E-state index in [-0.39, 0.29) is 23.0 Å². The van der Waals surface area contributed by atoms with Crippen molar-refractivity contribution in [1.82, 2.24) is 10.2 Å². The predicted molar refractivity (Wildman–Crippen MR) is 142 cm³/mol. The molecule has 1 saturated heterocycles. The number of carbonyl (C=O) groups excluding carboxylic acids is 2. The molecular weight excluding hydrogens is 539 g/mol. The van der Waals surface area contributed by atoms with E-state index in [0.29, 0.717) is 68.0 Å². The number of fused-ring (bicyclic) bond motifs is 1. The predicted octanol–water partition coefficient (Wildman–Crippen LogP) is 5.38. The Morgan fingerprint density at radius 2 is 2.00 bits per heavy atom. The van der Waals surface area contributed by atoms with E-state index in [2.05, 4.69) is 21.2 Å². The molecule has 2 saturated carbocycles. The van der Waals surface area contributed by atoms with Crippen LogP contribution in [0, 0.1) is 23.1 Å². The van der Waals surface area contributed by atoms with Gasteiger partial charge in [0.05, 0.1) is 13.7 Å². The van der Waals surface area contributed by atoms with Gasteiger partial charge in [0.1, 0.15) is 5.82 Å². The molecule has 1 N–H and O–H groups in total. The Hall–Kier alpha value is -2.61. The first-order valence-electron chi connectivity index (χ1n) is 13.2. The van der Waals surface area contributed by atoms with Crippen LogP contribution in [-0.4, -0.2) is 50.1 Å². The number of hydrogen-bond acceptors (Lipinski definition) is 4. The SMILES string of the molecule is COc1ccc(C(=O)N2C[C@@H]3CCC[C@]3(CNC(=O)CCc3cc(F)ccc3Br)C2)cc1OCC1CC1. The maximum Gasteiger partial charge on any atom is 0.254 e. The zero-order valence-corrected chi connectivity index (χ0v) is 22.8. The van der Waals surface area contributed by atoms with Crippen molar-refractivity contribution in [3.05, 3.63) is 57.8 Å². The number of aryl methyl sites for hydroxylation is 1. The summed E-state index contributed by atoms with van der Waals surface area (Å²) >= 11 is 3.43. The van der Waals surface area contributed by atoms with Crippen LogP contribution in [0.25, 0.3) is 0 Å². The molecule has 0 spiro atoms. The Bertz CT molecular complexity index is 1170. The summed E-state index contributed by atoms with van der Waals surface area (Å²) < 4.78 is 25.8. The monoisotopic (exact) mass is 572 g/mol. The van der Waals surface area contributed by atoms with E-state index in [9.17, 15) is 14.0 Å². The van der Waals surface area contributed by atoms with Crippen LogP contribution < -0.4 is 14.8 Å². The Morgan fingerprint density at radius 3 is 2.78 bits per heavy atom. The van der Waals surface area contributed by atoms with Crippen LogP contribution in [0.3, 0.4) is 0 Å². The quantitative estimate of drug-likeness (QED) is 0.415. The number of methoxy groups -OCH3 is 1. The van der Waals surface area contributed by atoms with Crippen molar-refractivity contribution in [2.45, 2.75) is 44.9 Å². The number of amides is 2. The summed E-state index contributed by atoms with van der Waals surface area (Å²) in [6.45, 7) is 2.55. The smallest absolute Gasteiger partial charge is 0.254 e. The van der Waals surface area contributed by atoms with Gasteiger partial charge < -0.3 is 19.7 Å². The van der Waals surface area contributed by atoms with Gasteiger partial charge >= 0.3 is 0 Å². The van der Waals surface area contributed by atoms with Gasteiger partial charge in [0.2, 0.25) is 5.91 Å². The zero-order valence-electron chi connectivity index (χ0n) is 21.2. The molecule has 3 aliphatic rings. The van der Waals surface area contributed by atoms with E-state index in [1.807, 2.05) is 4.90 Å². The van der Waals surface area contributed by atoms with Gasteiger partial charge in [-0.05, 0) is 85.9 Å². The first kappa shape index (κ1) is 26.0. The number of carbonyl (C=O) groups is 2. The molecule has 3 fully saturated rings. The number of nitrogens with zero attached hydrogens (tertiary/aromatic N) is 1. The Kier molecular flexibility index (Phi) is 7.75. The lowest BCUT2D eigenvalue weighted by atomic mass is 9.80. The molecule has 2 aromatic rings. The highest BCUT2D eigenvalue weighted by molar-refractivity contribution is 9.10. The van der Waals surface area contributed by atoms with Crippen molar-refractivity contribution in [1.29, 1.82) is 0 Å². The highest BCUT2D eigenvalue weighted by Gasteiger charge is 2.50. The Balaban J connectivity index is 1.20. The molecule has 2 aliphatic carbocycles. The largest absolute Gasteiger partial charge is 0.493 e. The molecule has 2 atom stereocenters. The van der Waals surface area contributed by atoms with E-state index in [4.69, 9.17) is 9.47 Å². The average Bonchev–Trinajstić information content (AvgIpc) is 3.54. The third kappa shape index (κ3) is 5.95. The Labute approximate surface area is 226 Å². The molecular formula is C29H34BrFN2O4. The summed E-state index contributed by atoms with van der Waals surface area (Å²) in [5.41, 5.74) is 1.29. The molecule has 8 heteroatoms. The lowest BCUT2D eigenvalue weighted by molar-refractivity contribution is -0.121. The third-order valence-corrected chi connectivity index (χ3v) is 8.95. The fraction of sp³-hybridized carbons (Fsp3) is 0.517. The van der Waals surface area contributed by atoms with Crippen molar-refractivity contribution in [3.8, 4) is 11.5 Å². The van der Waals surface area contributed by atoms with Gasteiger partial charge in [-0.15, -0.1) is 0 Å².